The van der Waals surface area contributed by atoms with E-state index >= 15 is 0 Å². The van der Waals surface area contributed by atoms with Gasteiger partial charge < -0.3 is 15.5 Å². The number of sulfonamides is 1. The van der Waals surface area contributed by atoms with Gasteiger partial charge in [0.25, 0.3) is 5.91 Å². The number of unbranched alkanes of at least 4 members (excludes halogenated alkanes) is 1. The van der Waals surface area contributed by atoms with Crippen molar-refractivity contribution in [1.29, 1.82) is 0 Å². The molecule has 0 radical (unpaired) electrons. The largest absolute Gasteiger partial charge is 0.354 e. The molecule has 0 saturated heterocycles. The van der Waals surface area contributed by atoms with Crippen LogP contribution in [0.4, 0.5) is 17.1 Å². The summed E-state index contributed by atoms with van der Waals surface area (Å²) in [5, 5.41) is 6.87. The molecule has 38 heavy (non-hydrogen) atoms. The molecule has 1 heterocycles. The molecule has 0 saturated carbocycles. The number of nitrogens with zero attached hydrogens (tertiary/aromatic N) is 2. The molecule has 0 spiro atoms. The molecule has 2 N–H and O–H groups in total. The van der Waals surface area contributed by atoms with Gasteiger partial charge in [-0.15, -0.1) is 0 Å². The monoisotopic (exact) mass is 552 g/mol. The van der Waals surface area contributed by atoms with Gasteiger partial charge in [0.05, 0.1) is 28.4 Å². The SMILES string of the molecule is CCCCS(=O)(=O)N(CCN(C)C)c1ccc(N/C(=C2\C(=O)Nc3cc(Cl)ccc32)c2ccccc2)cc1. The van der Waals surface area contributed by atoms with Gasteiger partial charge in [-0.3, -0.25) is 9.10 Å². The predicted octanol–water partition coefficient (Wildman–Crippen LogP) is 5.77. The Morgan fingerprint density at radius 1 is 0.974 bits per heavy atom. The van der Waals surface area contributed by atoms with Crippen molar-refractivity contribution >= 4 is 55.9 Å². The maximum absolute atomic E-state index is 13.1. The van der Waals surface area contributed by atoms with Crippen LogP contribution in [0.3, 0.4) is 0 Å². The number of benzene rings is 3. The number of likely N-dealkylation sites (N-methyl/N-ethyl adjacent to an activating group) is 1. The second-order valence-electron chi connectivity index (χ2n) is 9.48. The molecular formula is C29H33ClN4O3S. The summed E-state index contributed by atoms with van der Waals surface area (Å²) in [4.78, 5) is 15.1. The van der Waals surface area contributed by atoms with Gasteiger partial charge in [0.15, 0.2) is 0 Å². The highest BCUT2D eigenvalue weighted by Crippen LogP contribution is 2.39. The fourth-order valence-electron chi connectivity index (χ4n) is 4.29. The highest BCUT2D eigenvalue weighted by atomic mass is 35.5. The van der Waals surface area contributed by atoms with Crippen molar-refractivity contribution in [3.8, 4) is 0 Å². The number of fused-ring (bicyclic) bond motifs is 1. The first kappa shape index (κ1) is 27.7. The van der Waals surface area contributed by atoms with Gasteiger partial charge in [0.2, 0.25) is 10.0 Å². The molecule has 4 rings (SSSR count). The quantitative estimate of drug-likeness (QED) is 0.295. The predicted molar refractivity (Wildman–Crippen MR) is 158 cm³/mol. The van der Waals surface area contributed by atoms with Crippen LogP contribution in [0.15, 0.2) is 72.8 Å². The molecule has 3 aromatic carbocycles. The number of rotatable bonds is 11. The third kappa shape index (κ3) is 6.38. The summed E-state index contributed by atoms with van der Waals surface area (Å²) in [6, 6.07) is 22.3. The average Bonchev–Trinajstić information content (AvgIpc) is 3.21. The molecule has 0 aromatic heterocycles. The molecule has 200 valence electrons. The highest BCUT2D eigenvalue weighted by Gasteiger charge is 2.29. The Bertz CT molecular complexity index is 1420. The number of hydrogen-bond acceptors (Lipinski definition) is 5. The Balaban J connectivity index is 1.70. The van der Waals surface area contributed by atoms with Crippen LogP contribution in [0.5, 0.6) is 0 Å². The lowest BCUT2D eigenvalue weighted by Crippen LogP contribution is -2.38. The van der Waals surface area contributed by atoms with Gasteiger partial charge in [-0.1, -0.05) is 61.3 Å². The van der Waals surface area contributed by atoms with Gasteiger partial charge in [0.1, 0.15) is 0 Å². The molecule has 3 aromatic rings. The van der Waals surface area contributed by atoms with Crippen LogP contribution in [0.25, 0.3) is 11.3 Å². The van der Waals surface area contributed by atoms with Crippen molar-refractivity contribution in [2.45, 2.75) is 19.8 Å². The molecule has 0 bridgehead atoms. The Labute approximate surface area is 230 Å². The lowest BCUT2D eigenvalue weighted by atomic mass is 10.00. The fraction of sp³-hybridized carbons (Fsp3) is 0.276. The second kappa shape index (κ2) is 12.0. The van der Waals surface area contributed by atoms with Gasteiger partial charge in [-0.05, 0) is 62.5 Å². The van der Waals surface area contributed by atoms with Crippen LogP contribution in [-0.4, -0.2) is 52.2 Å². The van der Waals surface area contributed by atoms with E-state index in [0.717, 1.165) is 23.2 Å². The molecule has 0 fully saturated rings. The van der Waals surface area contributed by atoms with E-state index in [2.05, 4.69) is 10.6 Å². The fourth-order valence-corrected chi connectivity index (χ4v) is 6.14. The normalized spacial score (nSPS) is 14.3. The van der Waals surface area contributed by atoms with Gasteiger partial charge in [0, 0.05) is 29.4 Å². The zero-order valence-corrected chi connectivity index (χ0v) is 23.4. The molecule has 0 atom stereocenters. The Hall–Kier alpha value is -3.33. The third-order valence-corrected chi connectivity index (χ3v) is 8.41. The zero-order chi connectivity index (χ0) is 27.3. The minimum atomic E-state index is -3.46. The molecule has 0 aliphatic carbocycles. The van der Waals surface area contributed by atoms with Crippen molar-refractivity contribution in [3.05, 3.63) is 88.9 Å². The number of anilines is 3. The van der Waals surface area contributed by atoms with E-state index in [0.29, 0.717) is 47.2 Å². The summed E-state index contributed by atoms with van der Waals surface area (Å²) in [7, 11) is 0.392. The third-order valence-electron chi connectivity index (χ3n) is 6.31. The Morgan fingerprint density at radius 3 is 2.34 bits per heavy atom. The lowest BCUT2D eigenvalue weighted by Gasteiger charge is -2.26. The van der Waals surface area contributed by atoms with E-state index in [4.69, 9.17) is 11.6 Å². The van der Waals surface area contributed by atoms with Crippen molar-refractivity contribution < 1.29 is 13.2 Å². The van der Waals surface area contributed by atoms with Gasteiger partial charge in [-0.25, -0.2) is 8.42 Å². The molecule has 1 aliphatic heterocycles. The first-order chi connectivity index (χ1) is 18.2. The van der Waals surface area contributed by atoms with E-state index in [-0.39, 0.29) is 11.7 Å². The Kier molecular flexibility index (Phi) is 8.76. The number of carbonyl (C=O) groups excluding carboxylic acids is 1. The number of amides is 1. The summed E-state index contributed by atoms with van der Waals surface area (Å²) in [5.41, 5.74) is 4.78. The van der Waals surface area contributed by atoms with Crippen LogP contribution >= 0.6 is 11.6 Å². The number of hydrogen-bond donors (Lipinski definition) is 2. The zero-order valence-electron chi connectivity index (χ0n) is 21.9. The van der Waals surface area contributed by atoms with E-state index in [9.17, 15) is 13.2 Å². The van der Waals surface area contributed by atoms with E-state index in [1.54, 1.807) is 24.3 Å². The van der Waals surface area contributed by atoms with Crippen LogP contribution in [0.2, 0.25) is 5.02 Å². The summed E-state index contributed by atoms with van der Waals surface area (Å²) in [6.07, 6.45) is 1.42. The first-order valence-corrected chi connectivity index (χ1v) is 14.6. The standard InChI is InChI=1S/C29H33ClN4O3S/c1-4-5-19-38(36,37)34(18-17-33(2)3)24-14-12-23(13-15-24)31-28(21-9-7-6-8-10-21)27-25-16-11-22(30)20-26(25)32-29(27)35/h6-16,20,31H,4-5,17-19H2,1-3H3,(H,32,35)/b28-27-. The average molecular weight is 553 g/mol. The van der Waals surface area contributed by atoms with E-state index < -0.39 is 10.0 Å². The van der Waals surface area contributed by atoms with E-state index in [1.165, 1.54) is 4.31 Å². The van der Waals surface area contributed by atoms with Gasteiger partial charge >= 0.3 is 0 Å². The maximum atomic E-state index is 13.1. The maximum Gasteiger partial charge on any atom is 0.258 e. The highest BCUT2D eigenvalue weighted by molar-refractivity contribution is 7.92. The second-order valence-corrected chi connectivity index (χ2v) is 11.9. The molecule has 9 heteroatoms. The number of carbonyl (C=O) groups is 1. The summed E-state index contributed by atoms with van der Waals surface area (Å²) in [5.74, 6) is -0.109. The van der Waals surface area contributed by atoms with Crippen molar-refractivity contribution in [3.63, 3.8) is 0 Å². The topological polar surface area (TPSA) is 81.8 Å². The molecule has 1 aliphatic rings. The molecule has 0 unspecified atom stereocenters. The first-order valence-electron chi connectivity index (χ1n) is 12.6. The Morgan fingerprint density at radius 2 is 1.68 bits per heavy atom. The van der Waals surface area contributed by atoms with Crippen LogP contribution < -0.4 is 14.9 Å². The van der Waals surface area contributed by atoms with Crippen LogP contribution in [0.1, 0.15) is 30.9 Å². The van der Waals surface area contributed by atoms with Crippen LogP contribution in [0, 0.1) is 0 Å². The lowest BCUT2D eigenvalue weighted by molar-refractivity contribution is -0.110. The summed E-state index contributed by atoms with van der Waals surface area (Å²) < 4.78 is 27.8. The summed E-state index contributed by atoms with van der Waals surface area (Å²) in [6.45, 7) is 2.95. The number of nitrogens with one attached hydrogen (secondary N) is 2. The van der Waals surface area contributed by atoms with Crippen molar-refractivity contribution in [1.82, 2.24) is 4.90 Å². The minimum Gasteiger partial charge on any atom is -0.354 e. The summed E-state index contributed by atoms with van der Waals surface area (Å²) >= 11 is 6.15. The van der Waals surface area contributed by atoms with Crippen molar-refractivity contribution in [2.75, 3.05) is 47.9 Å². The van der Waals surface area contributed by atoms with E-state index in [1.807, 2.05) is 74.4 Å². The molecular weight excluding hydrogens is 520 g/mol. The molecule has 7 nitrogen and oxygen atoms in total. The van der Waals surface area contributed by atoms with Gasteiger partial charge in [-0.2, -0.15) is 0 Å². The smallest absolute Gasteiger partial charge is 0.258 e. The number of halogens is 1. The minimum absolute atomic E-state index is 0.111. The van der Waals surface area contributed by atoms with Crippen LogP contribution in [-0.2, 0) is 14.8 Å². The molecule has 1 amide bonds. The van der Waals surface area contributed by atoms with Crippen molar-refractivity contribution in [2.24, 2.45) is 0 Å².